The zero-order valence-corrected chi connectivity index (χ0v) is 13.9. The van der Waals surface area contributed by atoms with Gasteiger partial charge in [0.15, 0.2) is 0 Å². The molecule has 23 heavy (non-hydrogen) atoms. The molecule has 0 bridgehead atoms. The van der Waals surface area contributed by atoms with Crippen molar-refractivity contribution in [2.45, 2.75) is 43.6 Å². The first kappa shape index (κ1) is 16.5. The van der Waals surface area contributed by atoms with Crippen LogP contribution in [-0.2, 0) is 9.53 Å². The Bertz CT molecular complexity index is 521. The van der Waals surface area contributed by atoms with Gasteiger partial charge in [0.2, 0.25) is 5.91 Å². The van der Waals surface area contributed by atoms with Crippen LogP contribution >= 0.6 is 0 Å². The van der Waals surface area contributed by atoms with Crippen molar-refractivity contribution in [1.29, 1.82) is 0 Å². The number of amides is 1. The minimum absolute atomic E-state index is 0.120. The zero-order chi connectivity index (χ0) is 16.3. The monoisotopic (exact) mass is 317 g/mol. The van der Waals surface area contributed by atoms with E-state index in [1.54, 1.807) is 7.11 Å². The molecule has 2 atom stereocenters. The number of carbonyl (C=O) groups is 1. The third kappa shape index (κ3) is 3.43. The zero-order valence-electron chi connectivity index (χ0n) is 13.9. The standard InChI is InChI=1S/C19H27NO3/c1-23-19(9-5-10-19)12-18(22)20-11-8-17(16(13-20)14-21)15-6-3-2-4-7-15/h2-4,6-7,16-17,21H,5,8-14H2,1H3/t16-,17+/m1/s1. The van der Waals surface area contributed by atoms with Crippen molar-refractivity contribution in [2.75, 3.05) is 26.8 Å². The highest BCUT2D eigenvalue weighted by molar-refractivity contribution is 5.77. The third-order valence-electron chi connectivity index (χ3n) is 5.72. The quantitative estimate of drug-likeness (QED) is 0.908. The summed E-state index contributed by atoms with van der Waals surface area (Å²) in [6, 6.07) is 10.3. The Morgan fingerprint density at radius 3 is 2.65 bits per heavy atom. The van der Waals surface area contributed by atoms with Gasteiger partial charge in [0.1, 0.15) is 0 Å². The minimum Gasteiger partial charge on any atom is -0.396 e. The van der Waals surface area contributed by atoms with Crippen LogP contribution in [-0.4, -0.2) is 48.3 Å². The number of aliphatic hydroxyl groups excluding tert-OH is 1. The van der Waals surface area contributed by atoms with Crippen molar-refractivity contribution in [1.82, 2.24) is 4.90 Å². The van der Waals surface area contributed by atoms with Gasteiger partial charge >= 0.3 is 0 Å². The van der Waals surface area contributed by atoms with Gasteiger partial charge in [0, 0.05) is 32.7 Å². The molecule has 1 aliphatic carbocycles. The molecule has 1 aliphatic heterocycles. The normalized spacial score (nSPS) is 26.6. The fourth-order valence-electron chi connectivity index (χ4n) is 3.99. The molecule has 126 valence electrons. The number of hydrogen-bond acceptors (Lipinski definition) is 3. The second-order valence-electron chi connectivity index (χ2n) is 7.01. The van der Waals surface area contributed by atoms with Crippen LogP contribution in [0, 0.1) is 5.92 Å². The number of rotatable bonds is 5. The van der Waals surface area contributed by atoms with Crippen LogP contribution in [0.5, 0.6) is 0 Å². The fraction of sp³-hybridized carbons (Fsp3) is 0.632. The van der Waals surface area contributed by atoms with E-state index in [0.29, 0.717) is 18.9 Å². The van der Waals surface area contributed by atoms with Gasteiger partial charge in [-0.05, 0) is 37.2 Å². The van der Waals surface area contributed by atoms with Gasteiger partial charge in [-0.3, -0.25) is 4.79 Å². The fourth-order valence-corrected chi connectivity index (χ4v) is 3.99. The summed E-state index contributed by atoms with van der Waals surface area (Å²) in [4.78, 5) is 14.6. The Labute approximate surface area is 138 Å². The average molecular weight is 317 g/mol. The molecule has 2 aliphatic rings. The SMILES string of the molecule is COC1(CC(=O)N2CC[C@@H](c3ccccc3)[C@@H](CO)C2)CCC1. The van der Waals surface area contributed by atoms with E-state index in [4.69, 9.17) is 4.74 Å². The van der Waals surface area contributed by atoms with Gasteiger partial charge in [-0.25, -0.2) is 0 Å². The Balaban J connectivity index is 1.63. The van der Waals surface area contributed by atoms with E-state index in [0.717, 1.165) is 32.2 Å². The van der Waals surface area contributed by atoms with Crippen molar-refractivity contribution in [2.24, 2.45) is 5.92 Å². The first-order chi connectivity index (χ1) is 11.2. The molecule has 0 radical (unpaired) electrons. The van der Waals surface area contributed by atoms with Crippen LogP contribution in [0.3, 0.4) is 0 Å². The third-order valence-corrected chi connectivity index (χ3v) is 5.72. The number of carbonyl (C=O) groups excluding carboxylic acids is 1. The number of piperidine rings is 1. The van der Waals surface area contributed by atoms with Crippen LogP contribution in [0.25, 0.3) is 0 Å². The lowest BCUT2D eigenvalue weighted by molar-refractivity contribution is -0.146. The largest absolute Gasteiger partial charge is 0.396 e. The highest BCUT2D eigenvalue weighted by Crippen LogP contribution is 2.39. The van der Waals surface area contributed by atoms with E-state index >= 15 is 0 Å². The van der Waals surface area contributed by atoms with Crippen LogP contribution in [0.4, 0.5) is 0 Å². The maximum absolute atomic E-state index is 12.6. The van der Waals surface area contributed by atoms with Crippen molar-refractivity contribution in [3.05, 3.63) is 35.9 Å². The van der Waals surface area contributed by atoms with Crippen LogP contribution < -0.4 is 0 Å². The van der Waals surface area contributed by atoms with Gasteiger partial charge in [-0.15, -0.1) is 0 Å². The summed E-state index contributed by atoms with van der Waals surface area (Å²) < 4.78 is 5.58. The summed E-state index contributed by atoms with van der Waals surface area (Å²) in [7, 11) is 1.71. The van der Waals surface area contributed by atoms with E-state index < -0.39 is 0 Å². The lowest BCUT2D eigenvalue weighted by atomic mass is 9.76. The Morgan fingerprint density at radius 1 is 1.35 bits per heavy atom. The number of ether oxygens (including phenoxy) is 1. The van der Waals surface area contributed by atoms with Gasteiger partial charge in [-0.2, -0.15) is 0 Å². The Hall–Kier alpha value is -1.39. The molecule has 1 heterocycles. The second-order valence-corrected chi connectivity index (χ2v) is 7.01. The smallest absolute Gasteiger partial charge is 0.225 e. The van der Waals surface area contributed by atoms with E-state index in [1.165, 1.54) is 5.56 Å². The number of methoxy groups -OCH3 is 1. The molecule has 0 aromatic heterocycles. The highest BCUT2D eigenvalue weighted by atomic mass is 16.5. The Kier molecular flexibility index (Phi) is 5.02. The summed E-state index contributed by atoms with van der Waals surface area (Å²) in [5.74, 6) is 0.636. The van der Waals surface area contributed by atoms with Crippen LogP contribution in [0.15, 0.2) is 30.3 Å². The number of benzene rings is 1. The molecule has 0 spiro atoms. The molecule has 4 nitrogen and oxygen atoms in total. The van der Waals surface area contributed by atoms with Crippen LogP contribution in [0.1, 0.15) is 43.6 Å². The van der Waals surface area contributed by atoms with Crippen LogP contribution in [0.2, 0.25) is 0 Å². The summed E-state index contributed by atoms with van der Waals surface area (Å²) in [6.45, 7) is 1.54. The maximum Gasteiger partial charge on any atom is 0.225 e. The molecule has 1 saturated heterocycles. The minimum atomic E-state index is -0.220. The first-order valence-corrected chi connectivity index (χ1v) is 8.66. The number of aliphatic hydroxyl groups is 1. The molecule has 1 N–H and O–H groups in total. The van der Waals surface area contributed by atoms with E-state index in [2.05, 4.69) is 12.1 Å². The molecular formula is C19H27NO3. The number of hydrogen-bond donors (Lipinski definition) is 1. The summed E-state index contributed by atoms with van der Waals surface area (Å²) in [6.07, 6.45) is 4.52. The maximum atomic E-state index is 12.6. The molecule has 4 heteroatoms. The van der Waals surface area contributed by atoms with Gasteiger partial charge < -0.3 is 14.7 Å². The molecule has 1 aromatic rings. The number of nitrogens with zero attached hydrogens (tertiary/aromatic N) is 1. The predicted octanol–water partition coefficient (Wildman–Crippen LogP) is 2.57. The second kappa shape index (κ2) is 7.02. The van der Waals surface area contributed by atoms with Gasteiger partial charge in [-0.1, -0.05) is 30.3 Å². The van der Waals surface area contributed by atoms with E-state index in [9.17, 15) is 9.90 Å². The summed E-state index contributed by atoms with van der Waals surface area (Å²) in [5.41, 5.74) is 1.05. The van der Waals surface area contributed by atoms with Crippen molar-refractivity contribution in [3.8, 4) is 0 Å². The van der Waals surface area contributed by atoms with E-state index in [1.807, 2.05) is 23.1 Å². The van der Waals surface area contributed by atoms with E-state index in [-0.39, 0.29) is 24.0 Å². The topological polar surface area (TPSA) is 49.8 Å². The predicted molar refractivity (Wildman–Crippen MR) is 89.2 cm³/mol. The van der Waals surface area contributed by atoms with Gasteiger partial charge in [0.25, 0.3) is 0 Å². The lowest BCUT2D eigenvalue weighted by Crippen LogP contribution is -2.49. The molecule has 1 saturated carbocycles. The summed E-state index contributed by atoms with van der Waals surface area (Å²) >= 11 is 0. The first-order valence-electron chi connectivity index (χ1n) is 8.66. The van der Waals surface area contributed by atoms with Crippen molar-refractivity contribution >= 4 is 5.91 Å². The number of likely N-dealkylation sites (tertiary alicyclic amines) is 1. The molecule has 2 fully saturated rings. The molecule has 0 unspecified atom stereocenters. The Morgan fingerprint density at radius 2 is 2.09 bits per heavy atom. The van der Waals surface area contributed by atoms with Crippen molar-refractivity contribution < 1.29 is 14.6 Å². The molecule has 1 amide bonds. The molecule has 1 aromatic carbocycles. The lowest BCUT2D eigenvalue weighted by Gasteiger charge is -2.43. The van der Waals surface area contributed by atoms with Crippen molar-refractivity contribution in [3.63, 3.8) is 0 Å². The summed E-state index contributed by atoms with van der Waals surface area (Å²) in [5, 5.41) is 9.80. The average Bonchev–Trinajstić information content (AvgIpc) is 2.58. The molecular weight excluding hydrogens is 290 g/mol. The molecule has 3 rings (SSSR count). The van der Waals surface area contributed by atoms with Gasteiger partial charge in [0.05, 0.1) is 12.0 Å². The highest BCUT2D eigenvalue weighted by Gasteiger charge is 2.41.